The van der Waals surface area contributed by atoms with E-state index < -0.39 is 0 Å². The lowest BCUT2D eigenvalue weighted by atomic mass is 9.98. The molecule has 1 aromatic carbocycles. The second-order valence-electron chi connectivity index (χ2n) is 14.0. The predicted octanol–water partition coefficient (Wildman–Crippen LogP) is 7.76. The first kappa shape index (κ1) is 39.6. The Hall–Kier alpha value is -4.15. The summed E-state index contributed by atoms with van der Waals surface area (Å²) < 4.78 is 9.63. The van der Waals surface area contributed by atoms with E-state index in [2.05, 4.69) is 67.1 Å². The number of nitrogens with two attached hydrogens (primary N) is 1. The fourth-order valence-corrected chi connectivity index (χ4v) is 6.29. The van der Waals surface area contributed by atoms with Crippen LogP contribution in [0.2, 0.25) is 0 Å². The molecule has 3 aromatic heterocycles. The second kappa shape index (κ2) is 19.5. The SMILES string of the molecule is CC(=O)[n+]1ccc(N(C)C)cc1.CC1C=CC1.CN1CCC(Oc2cc(-c3ccc4c(c3N)CCC4)ccn2)CC1.CSc1ccn(C(C)C)n1. The van der Waals surface area contributed by atoms with Gasteiger partial charge < -0.3 is 20.3 Å². The van der Waals surface area contributed by atoms with E-state index in [4.69, 9.17) is 10.5 Å². The van der Waals surface area contributed by atoms with Gasteiger partial charge in [-0.1, -0.05) is 31.2 Å². The van der Waals surface area contributed by atoms with E-state index in [1.54, 1.807) is 28.7 Å². The molecular weight excluding hydrogens is 655 g/mol. The molecule has 1 atom stereocenters. The van der Waals surface area contributed by atoms with Crippen molar-refractivity contribution in [2.75, 3.05) is 51.1 Å². The number of hydrogen-bond acceptors (Lipinski definition) is 8. The summed E-state index contributed by atoms with van der Waals surface area (Å²) in [7, 11) is 6.09. The van der Waals surface area contributed by atoms with Gasteiger partial charge in [0.25, 0.3) is 0 Å². The largest absolute Gasteiger partial charge is 0.474 e. The number of allylic oxidation sites excluding steroid dienone is 2. The van der Waals surface area contributed by atoms with E-state index in [1.165, 1.54) is 30.9 Å². The van der Waals surface area contributed by atoms with Crippen LogP contribution in [0.15, 0.2) is 84.4 Å². The third-order valence-electron chi connectivity index (χ3n) is 9.31. The van der Waals surface area contributed by atoms with E-state index in [0.717, 1.165) is 72.2 Å². The van der Waals surface area contributed by atoms with Gasteiger partial charge in [0, 0.05) is 80.8 Å². The number of rotatable bonds is 6. The average molecular weight is 713 g/mol. The molecule has 3 aliphatic rings. The van der Waals surface area contributed by atoms with Crippen LogP contribution in [0, 0.1) is 5.92 Å². The van der Waals surface area contributed by atoms with Gasteiger partial charge in [0.05, 0.1) is 6.92 Å². The topological polar surface area (TPSA) is 93.4 Å². The molecule has 1 aliphatic heterocycles. The highest BCUT2D eigenvalue weighted by molar-refractivity contribution is 7.98. The van der Waals surface area contributed by atoms with Crippen LogP contribution < -0.4 is 19.9 Å². The van der Waals surface area contributed by atoms with E-state index in [1.807, 2.05) is 72.7 Å². The lowest BCUT2D eigenvalue weighted by Crippen LogP contribution is -2.39. The maximum atomic E-state index is 10.9. The number of carbonyl (C=O) groups is 1. The Morgan fingerprint density at radius 2 is 1.76 bits per heavy atom. The van der Waals surface area contributed by atoms with Gasteiger partial charge in [-0.3, -0.25) is 4.68 Å². The first-order valence-corrected chi connectivity index (χ1v) is 19.3. The number of nitrogens with zero attached hydrogens (tertiary/aromatic N) is 6. The third-order valence-corrected chi connectivity index (χ3v) is 9.95. The summed E-state index contributed by atoms with van der Waals surface area (Å²) in [5.41, 5.74) is 13.4. The molecule has 0 radical (unpaired) electrons. The number of pyridine rings is 2. The minimum Gasteiger partial charge on any atom is -0.474 e. The molecule has 0 amide bonds. The Labute approximate surface area is 309 Å². The minimum atomic E-state index is 0.0281. The van der Waals surface area contributed by atoms with Crippen molar-refractivity contribution >= 4 is 29.0 Å². The van der Waals surface area contributed by atoms with E-state index >= 15 is 0 Å². The molecule has 0 saturated carbocycles. The molecule has 51 heavy (non-hydrogen) atoms. The Kier molecular flexibility index (Phi) is 15.1. The van der Waals surface area contributed by atoms with E-state index in [0.29, 0.717) is 11.9 Å². The number of thioether (sulfide) groups is 1. The monoisotopic (exact) mass is 712 g/mol. The molecule has 4 heterocycles. The fraction of sp³-hybridized carbons (Fsp3) is 0.463. The van der Waals surface area contributed by atoms with Crippen LogP contribution in [-0.2, 0) is 12.8 Å². The number of benzene rings is 1. The van der Waals surface area contributed by atoms with Gasteiger partial charge in [-0.15, -0.1) is 16.3 Å². The standard InChI is InChI=1S/C20H25N3O.C9H13N2O.C7H12N2S.C5H8/c1-23-11-8-16(9-12-23)24-19-13-15(7-10-22-19)18-6-5-14-3-2-4-17(14)20(18)21;1-8(12)11-6-4-9(5-7-11)10(2)3;1-6(2)9-5-4-7(8-9)10-3;1-5-3-2-4-5/h5-7,10,13,16H,2-4,8-9,11-12,21H2,1H3;4-7H,1-3H3;4-6H,1-3H3;2-3,5H,4H2,1H3/q;+1;;. The van der Waals surface area contributed by atoms with Crippen molar-refractivity contribution in [1.82, 2.24) is 19.7 Å². The smallest absolute Gasteiger partial charge is 0.389 e. The quantitative estimate of drug-likeness (QED) is 0.0939. The van der Waals surface area contributed by atoms with Gasteiger partial charge in [-0.2, -0.15) is 5.10 Å². The lowest BCUT2D eigenvalue weighted by Gasteiger charge is -2.29. The molecule has 1 fully saturated rings. The highest BCUT2D eigenvalue weighted by Gasteiger charge is 2.20. The zero-order valence-electron chi connectivity index (χ0n) is 31.9. The summed E-state index contributed by atoms with van der Waals surface area (Å²) in [4.78, 5) is 19.6. The van der Waals surface area contributed by atoms with E-state index in [9.17, 15) is 4.79 Å². The molecule has 0 spiro atoms. The number of fused-ring (bicyclic) bond motifs is 1. The maximum Gasteiger partial charge on any atom is 0.389 e. The Balaban J connectivity index is 0.000000179. The summed E-state index contributed by atoms with van der Waals surface area (Å²) >= 11 is 1.68. The molecule has 2 N–H and O–H groups in total. The van der Waals surface area contributed by atoms with Gasteiger partial charge >= 0.3 is 5.91 Å². The molecule has 2 aliphatic carbocycles. The van der Waals surface area contributed by atoms with Crippen molar-refractivity contribution in [3.63, 3.8) is 0 Å². The summed E-state index contributed by atoms with van der Waals surface area (Å²) in [6.07, 6.45) is 21.0. The third kappa shape index (κ3) is 12.0. The number of piperidine rings is 1. The summed E-state index contributed by atoms with van der Waals surface area (Å²) in [5, 5.41) is 5.40. The lowest BCUT2D eigenvalue weighted by molar-refractivity contribution is -0.572. The van der Waals surface area contributed by atoms with Gasteiger partial charge in [0.2, 0.25) is 5.88 Å². The molecule has 0 bridgehead atoms. The number of hydrogen-bond donors (Lipinski definition) is 1. The van der Waals surface area contributed by atoms with Crippen molar-refractivity contribution < 1.29 is 14.1 Å². The van der Waals surface area contributed by atoms with Crippen molar-refractivity contribution in [3.8, 4) is 17.0 Å². The predicted molar refractivity (Wildman–Crippen MR) is 212 cm³/mol. The first-order valence-electron chi connectivity index (χ1n) is 18.1. The number of nitrogen functional groups attached to an aromatic ring is 1. The van der Waals surface area contributed by atoms with Crippen LogP contribution in [0.3, 0.4) is 0 Å². The first-order chi connectivity index (χ1) is 24.4. The van der Waals surface area contributed by atoms with Crippen molar-refractivity contribution in [3.05, 3.63) is 90.5 Å². The van der Waals surface area contributed by atoms with Crippen LogP contribution in [0.1, 0.15) is 75.3 Å². The second-order valence-corrected chi connectivity index (χ2v) is 14.8. The van der Waals surface area contributed by atoms with Crippen LogP contribution >= 0.6 is 11.8 Å². The molecule has 1 unspecified atom stereocenters. The number of carbonyl (C=O) groups excluding carboxylic acids is 1. The van der Waals surface area contributed by atoms with E-state index in [-0.39, 0.29) is 12.0 Å². The molecule has 9 nitrogen and oxygen atoms in total. The van der Waals surface area contributed by atoms with Crippen molar-refractivity contribution in [2.24, 2.45) is 5.92 Å². The summed E-state index contributed by atoms with van der Waals surface area (Å²) in [6.45, 7) is 10.2. The zero-order chi connectivity index (χ0) is 36.9. The molecule has 4 aromatic rings. The maximum absolute atomic E-state index is 10.9. The van der Waals surface area contributed by atoms with Crippen LogP contribution in [0.4, 0.5) is 11.4 Å². The summed E-state index contributed by atoms with van der Waals surface area (Å²) in [5.74, 6) is 1.62. The van der Waals surface area contributed by atoms with Crippen molar-refractivity contribution in [2.45, 2.75) is 83.4 Å². The highest BCUT2D eigenvalue weighted by atomic mass is 32.2. The molecule has 7 rings (SSSR count). The van der Waals surface area contributed by atoms with Crippen LogP contribution in [0.5, 0.6) is 5.88 Å². The average Bonchev–Trinajstić information content (AvgIpc) is 3.81. The van der Waals surface area contributed by atoms with Crippen LogP contribution in [-0.4, -0.2) is 72.2 Å². The Morgan fingerprint density at radius 1 is 1.08 bits per heavy atom. The highest BCUT2D eigenvalue weighted by Crippen LogP contribution is 2.36. The van der Waals surface area contributed by atoms with Crippen LogP contribution in [0.25, 0.3) is 11.1 Å². The number of ether oxygens (including phenoxy) is 1. The normalized spacial score (nSPS) is 16.4. The van der Waals surface area contributed by atoms with Gasteiger partial charge in [0.1, 0.15) is 11.1 Å². The molecular formula is C41H58N7O2S+. The number of aromatic nitrogens is 4. The van der Waals surface area contributed by atoms with Gasteiger partial charge in [-0.05, 0) is 100 Å². The number of likely N-dealkylation sites (tertiary alicyclic amines) is 1. The number of aryl methyl sites for hydroxylation is 1. The van der Waals surface area contributed by atoms with Crippen molar-refractivity contribution in [1.29, 1.82) is 0 Å². The molecule has 10 heteroatoms. The Morgan fingerprint density at radius 3 is 2.29 bits per heavy atom. The fourth-order valence-electron chi connectivity index (χ4n) is 5.91. The molecule has 1 saturated heterocycles. The number of anilines is 2. The summed E-state index contributed by atoms with van der Waals surface area (Å²) in [6, 6.07) is 14.7. The van der Waals surface area contributed by atoms with Gasteiger partial charge in [0.15, 0.2) is 12.4 Å². The zero-order valence-corrected chi connectivity index (χ0v) is 32.7. The molecule has 274 valence electrons. The van der Waals surface area contributed by atoms with Gasteiger partial charge in [-0.25, -0.2) is 9.78 Å². The Bertz CT molecular complexity index is 1710. The minimum absolute atomic E-state index is 0.0281.